The summed E-state index contributed by atoms with van der Waals surface area (Å²) in [5.41, 5.74) is 0. The largest absolute Gasteiger partial charge is 0.382 e. The Balaban J connectivity index is 1.99. The molecule has 1 fully saturated rings. The Morgan fingerprint density at radius 1 is 1.14 bits per heavy atom. The predicted octanol–water partition coefficient (Wildman–Crippen LogP) is 2.90. The van der Waals surface area contributed by atoms with Crippen LogP contribution in [0.25, 0.3) is 0 Å². The minimum Gasteiger partial charge on any atom is -0.382 e. The van der Waals surface area contributed by atoms with Crippen molar-refractivity contribution in [3.8, 4) is 0 Å². The maximum Gasteiger partial charge on any atom is 0.135 e. The summed E-state index contributed by atoms with van der Waals surface area (Å²) >= 11 is 0. The van der Waals surface area contributed by atoms with E-state index in [0.29, 0.717) is 32.0 Å². The van der Waals surface area contributed by atoms with E-state index in [2.05, 4.69) is 11.8 Å². The smallest absolute Gasteiger partial charge is 0.135 e. The molecule has 124 valence electrons. The Morgan fingerprint density at radius 2 is 1.90 bits per heavy atom. The fourth-order valence-electron chi connectivity index (χ4n) is 2.80. The van der Waals surface area contributed by atoms with Crippen LogP contribution in [-0.2, 0) is 14.3 Å². The second-order valence-corrected chi connectivity index (χ2v) is 6.07. The van der Waals surface area contributed by atoms with Crippen molar-refractivity contribution in [3.05, 3.63) is 0 Å². The minimum absolute atomic E-state index is 0.348. The van der Waals surface area contributed by atoms with Gasteiger partial charge in [-0.1, -0.05) is 13.3 Å². The first-order chi connectivity index (χ1) is 10.3. The second-order valence-electron chi connectivity index (χ2n) is 6.07. The molecule has 1 saturated heterocycles. The zero-order valence-corrected chi connectivity index (χ0v) is 13.9. The normalized spacial score (nSPS) is 17.2. The van der Waals surface area contributed by atoms with Crippen LogP contribution in [0, 0.1) is 5.92 Å². The number of nitrogens with zero attached hydrogens (tertiary/aromatic N) is 1. The maximum atomic E-state index is 11.8. The molecule has 0 amide bonds. The second kappa shape index (κ2) is 12.1. The van der Waals surface area contributed by atoms with Crippen LogP contribution >= 0.6 is 0 Å². The molecule has 0 aromatic rings. The average molecular weight is 299 g/mol. The Bertz CT molecular complexity index is 263. The molecule has 0 atom stereocenters. The third kappa shape index (κ3) is 9.22. The van der Waals surface area contributed by atoms with Gasteiger partial charge in [0.05, 0.1) is 19.8 Å². The number of ketones is 1. The lowest BCUT2D eigenvalue weighted by Crippen LogP contribution is -2.34. The number of piperidine rings is 1. The number of ether oxygens (including phenoxy) is 2. The number of unbranched alkanes of at least 4 members (excludes halogenated alkanes) is 1. The molecular formula is C17H33NO3. The molecule has 0 radical (unpaired) electrons. The molecule has 0 aromatic carbocycles. The van der Waals surface area contributed by atoms with Crippen LogP contribution in [0.15, 0.2) is 0 Å². The van der Waals surface area contributed by atoms with Gasteiger partial charge in [-0.15, -0.1) is 0 Å². The molecule has 1 aliphatic heterocycles. The Kier molecular flexibility index (Phi) is 10.7. The van der Waals surface area contributed by atoms with Crippen molar-refractivity contribution < 1.29 is 14.3 Å². The van der Waals surface area contributed by atoms with E-state index in [9.17, 15) is 4.79 Å². The van der Waals surface area contributed by atoms with Gasteiger partial charge in [0.2, 0.25) is 0 Å². The van der Waals surface area contributed by atoms with Crippen molar-refractivity contribution >= 4 is 5.78 Å². The van der Waals surface area contributed by atoms with Crippen LogP contribution < -0.4 is 0 Å². The molecule has 0 spiro atoms. The van der Waals surface area contributed by atoms with Crippen LogP contribution in [0.3, 0.4) is 0 Å². The van der Waals surface area contributed by atoms with E-state index in [1.54, 1.807) is 7.11 Å². The number of Topliss-reactive ketones (excluding diaryl/α,β-unsaturated/α-hetero) is 1. The molecule has 0 N–H and O–H groups in total. The number of likely N-dealkylation sites (tertiary alicyclic amines) is 1. The van der Waals surface area contributed by atoms with Gasteiger partial charge in [0.1, 0.15) is 5.78 Å². The van der Waals surface area contributed by atoms with Gasteiger partial charge in [0.25, 0.3) is 0 Å². The highest BCUT2D eigenvalue weighted by molar-refractivity contribution is 5.78. The highest BCUT2D eigenvalue weighted by Crippen LogP contribution is 2.22. The molecule has 0 unspecified atom stereocenters. The summed E-state index contributed by atoms with van der Waals surface area (Å²) in [6.07, 6.45) is 7.47. The molecule has 0 aliphatic carbocycles. The molecule has 4 heteroatoms. The first-order valence-electron chi connectivity index (χ1n) is 8.57. The van der Waals surface area contributed by atoms with Gasteiger partial charge in [-0.25, -0.2) is 0 Å². The molecule has 0 bridgehead atoms. The first-order valence-corrected chi connectivity index (χ1v) is 8.57. The van der Waals surface area contributed by atoms with Gasteiger partial charge >= 0.3 is 0 Å². The van der Waals surface area contributed by atoms with Gasteiger partial charge in [-0.3, -0.25) is 4.79 Å². The lowest BCUT2D eigenvalue weighted by Gasteiger charge is -2.31. The van der Waals surface area contributed by atoms with Crippen molar-refractivity contribution in [2.45, 2.75) is 51.9 Å². The molecule has 0 aromatic heterocycles. The number of methoxy groups -OCH3 is 1. The molecule has 1 rings (SSSR count). The van der Waals surface area contributed by atoms with Crippen LogP contribution in [0.5, 0.6) is 0 Å². The predicted molar refractivity (Wildman–Crippen MR) is 85.6 cm³/mol. The zero-order valence-electron chi connectivity index (χ0n) is 13.9. The summed E-state index contributed by atoms with van der Waals surface area (Å²) < 4.78 is 10.2. The van der Waals surface area contributed by atoms with E-state index in [-0.39, 0.29) is 0 Å². The number of carbonyl (C=O) groups is 1. The first kappa shape index (κ1) is 18.6. The zero-order chi connectivity index (χ0) is 15.3. The van der Waals surface area contributed by atoms with E-state index in [1.165, 1.54) is 45.3 Å². The summed E-state index contributed by atoms with van der Waals surface area (Å²) in [4.78, 5) is 14.4. The maximum absolute atomic E-state index is 11.8. The number of hydrogen-bond acceptors (Lipinski definition) is 4. The van der Waals surface area contributed by atoms with Crippen molar-refractivity contribution in [2.24, 2.45) is 5.92 Å². The van der Waals surface area contributed by atoms with Crippen LogP contribution in [-0.4, -0.2) is 57.2 Å². The Hall–Kier alpha value is -0.450. The highest BCUT2D eigenvalue weighted by Gasteiger charge is 2.19. The standard InChI is InChI=1S/C17H33NO3/c1-3-4-10-18-11-7-16(8-12-18)5-6-17(19)9-13-21-15-14-20-2/h16H,3-15H2,1-2H3. The Labute approximate surface area is 130 Å². The minimum atomic E-state index is 0.348. The molecule has 21 heavy (non-hydrogen) atoms. The fraction of sp³-hybridized carbons (Fsp3) is 0.941. The van der Waals surface area contributed by atoms with E-state index >= 15 is 0 Å². The lowest BCUT2D eigenvalue weighted by molar-refractivity contribution is -0.120. The third-order valence-electron chi connectivity index (χ3n) is 4.32. The van der Waals surface area contributed by atoms with Gasteiger partial charge < -0.3 is 14.4 Å². The number of hydrogen-bond donors (Lipinski definition) is 0. The number of rotatable bonds is 12. The van der Waals surface area contributed by atoms with Crippen LogP contribution in [0.2, 0.25) is 0 Å². The van der Waals surface area contributed by atoms with Crippen molar-refractivity contribution in [1.29, 1.82) is 0 Å². The summed E-state index contributed by atoms with van der Waals surface area (Å²) in [6, 6.07) is 0. The third-order valence-corrected chi connectivity index (χ3v) is 4.32. The van der Waals surface area contributed by atoms with E-state index in [0.717, 1.165) is 18.8 Å². The van der Waals surface area contributed by atoms with E-state index in [4.69, 9.17) is 9.47 Å². The van der Waals surface area contributed by atoms with Crippen molar-refractivity contribution in [3.63, 3.8) is 0 Å². The topological polar surface area (TPSA) is 38.8 Å². The van der Waals surface area contributed by atoms with Gasteiger partial charge in [0.15, 0.2) is 0 Å². The SMILES string of the molecule is CCCCN1CCC(CCC(=O)CCOCCOC)CC1. The number of carbonyl (C=O) groups excluding carboxylic acids is 1. The van der Waals surface area contributed by atoms with Crippen molar-refractivity contribution in [2.75, 3.05) is 46.6 Å². The van der Waals surface area contributed by atoms with Crippen molar-refractivity contribution in [1.82, 2.24) is 4.90 Å². The molecule has 1 aliphatic rings. The van der Waals surface area contributed by atoms with E-state index in [1.807, 2.05) is 0 Å². The summed E-state index contributed by atoms with van der Waals surface area (Å²) in [6.45, 7) is 7.67. The van der Waals surface area contributed by atoms with Crippen LogP contribution in [0.4, 0.5) is 0 Å². The quantitative estimate of drug-likeness (QED) is 0.519. The molecule has 0 saturated carbocycles. The van der Waals surface area contributed by atoms with Gasteiger partial charge in [0, 0.05) is 20.0 Å². The summed E-state index contributed by atoms with van der Waals surface area (Å²) in [7, 11) is 1.65. The molecular weight excluding hydrogens is 266 g/mol. The summed E-state index contributed by atoms with van der Waals surface area (Å²) in [5.74, 6) is 1.10. The lowest BCUT2D eigenvalue weighted by atomic mass is 9.91. The van der Waals surface area contributed by atoms with Crippen LogP contribution in [0.1, 0.15) is 51.9 Å². The summed E-state index contributed by atoms with van der Waals surface area (Å²) in [5, 5.41) is 0. The fourth-order valence-corrected chi connectivity index (χ4v) is 2.80. The van der Waals surface area contributed by atoms with E-state index < -0.39 is 0 Å². The highest BCUT2D eigenvalue weighted by atomic mass is 16.5. The monoisotopic (exact) mass is 299 g/mol. The Morgan fingerprint density at radius 3 is 2.57 bits per heavy atom. The average Bonchev–Trinajstić information content (AvgIpc) is 2.51. The molecule has 1 heterocycles. The molecule has 4 nitrogen and oxygen atoms in total. The van der Waals surface area contributed by atoms with Gasteiger partial charge in [-0.2, -0.15) is 0 Å². The van der Waals surface area contributed by atoms with Gasteiger partial charge in [-0.05, 0) is 51.2 Å².